The van der Waals surface area contributed by atoms with Crippen LogP contribution in [0.25, 0.3) is 0 Å². The van der Waals surface area contributed by atoms with Crippen molar-refractivity contribution in [1.82, 2.24) is 9.80 Å². The van der Waals surface area contributed by atoms with E-state index < -0.39 is 0 Å². The molecule has 0 spiro atoms. The zero-order valence-corrected chi connectivity index (χ0v) is 14.0. The van der Waals surface area contributed by atoms with Gasteiger partial charge in [0.2, 0.25) is 0 Å². The zero-order chi connectivity index (χ0) is 15.4. The summed E-state index contributed by atoms with van der Waals surface area (Å²) in [6.45, 7) is 13.6. The normalized spacial score (nSPS) is 20.7. The standard InChI is InChI=1S/C18H31N3/c1-5-16-6-8-17(9-7-16)18(19)15(4)21-12-10-20(11-13-21)14(2)3/h6-9,14-15,18H,5,10-13,19H2,1-4H3. The molecule has 0 bridgehead atoms. The number of benzene rings is 1. The van der Waals surface area contributed by atoms with Crippen molar-refractivity contribution >= 4 is 0 Å². The van der Waals surface area contributed by atoms with Gasteiger partial charge >= 0.3 is 0 Å². The molecule has 0 aromatic heterocycles. The van der Waals surface area contributed by atoms with Gasteiger partial charge in [-0.2, -0.15) is 0 Å². The minimum atomic E-state index is 0.0986. The molecule has 118 valence electrons. The molecule has 1 fully saturated rings. The molecule has 1 aliphatic rings. The summed E-state index contributed by atoms with van der Waals surface area (Å²) in [5.41, 5.74) is 9.13. The second-order valence-corrected chi connectivity index (χ2v) is 6.53. The van der Waals surface area contributed by atoms with Crippen molar-refractivity contribution < 1.29 is 0 Å². The molecule has 1 aliphatic heterocycles. The summed E-state index contributed by atoms with van der Waals surface area (Å²) in [6.07, 6.45) is 1.09. The Kier molecular flexibility index (Phi) is 5.80. The molecule has 0 aliphatic carbocycles. The number of rotatable bonds is 5. The average molecular weight is 289 g/mol. The Labute approximate surface area is 130 Å². The third kappa shape index (κ3) is 4.06. The summed E-state index contributed by atoms with van der Waals surface area (Å²) in [6, 6.07) is 9.96. The van der Waals surface area contributed by atoms with E-state index in [0.717, 1.165) is 32.6 Å². The lowest BCUT2D eigenvalue weighted by atomic mass is 9.98. The summed E-state index contributed by atoms with van der Waals surface area (Å²) in [4.78, 5) is 5.09. The van der Waals surface area contributed by atoms with Gasteiger partial charge in [-0.05, 0) is 38.3 Å². The van der Waals surface area contributed by atoms with Crippen molar-refractivity contribution in [2.75, 3.05) is 26.2 Å². The van der Waals surface area contributed by atoms with Gasteiger partial charge < -0.3 is 5.73 Å². The smallest absolute Gasteiger partial charge is 0.0450 e. The first kappa shape index (κ1) is 16.5. The molecule has 3 heteroatoms. The van der Waals surface area contributed by atoms with Crippen molar-refractivity contribution in [2.45, 2.75) is 52.2 Å². The fourth-order valence-electron chi connectivity index (χ4n) is 3.14. The van der Waals surface area contributed by atoms with Gasteiger partial charge in [0.1, 0.15) is 0 Å². The Morgan fingerprint density at radius 2 is 1.48 bits per heavy atom. The first-order valence-corrected chi connectivity index (χ1v) is 8.35. The molecule has 2 unspecified atom stereocenters. The van der Waals surface area contributed by atoms with Crippen LogP contribution in [0.1, 0.15) is 44.9 Å². The molecule has 0 amide bonds. The molecule has 21 heavy (non-hydrogen) atoms. The van der Waals surface area contributed by atoms with Gasteiger partial charge in [0.15, 0.2) is 0 Å². The van der Waals surface area contributed by atoms with Gasteiger partial charge in [-0.1, -0.05) is 31.2 Å². The molecule has 2 N–H and O–H groups in total. The topological polar surface area (TPSA) is 32.5 Å². The Bertz CT molecular complexity index is 419. The molecule has 3 nitrogen and oxygen atoms in total. The highest BCUT2D eigenvalue weighted by molar-refractivity contribution is 5.25. The van der Waals surface area contributed by atoms with Crippen molar-refractivity contribution in [1.29, 1.82) is 0 Å². The summed E-state index contributed by atoms with van der Waals surface area (Å²) in [5.74, 6) is 0. The molecule has 1 aromatic rings. The van der Waals surface area contributed by atoms with Crippen LogP contribution in [0.4, 0.5) is 0 Å². The second-order valence-electron chi connectivity index (χ2n) is 6.53. The van der Waals surface area contributed by atoms with Gasteiger partial charge in [-0.25, -0.2) is 0 Å². The van der Waals surface area contributed by atoms with Gasteiger partial charge in [0.25, 0.3) is 0 Å². The van der Waals surface area contributed by atoms with Gasteiger partial charge in [0, 0.05) is 44.3 Å². The van der Waals surface area contributed by atoms with Crippen LogP contribution in [-0.4, -0.2) is 48.1 Å². The SMILES string of the molecule is CCc1ccc(C(N)C(C)N2CCN(C(C)C)CC2)cc1. The number of piperazine rings is 1. The van der Waals surface area contributed by atoms with E-state index in [0.29, 0.717) is 12.1 Å². The molecule has 1 saturated heterocycles. The lowest BCUT2D eigenvalue weighted by Gasteiger charge is -2.41. The lowest BCUT2D eigenvalue weighted by Crippen LogP contribution is -2.53. The Morgan fingerprint density at radius 3 is 1.95 bits per heavy atom. The number of aryl methyl sites for hydroxylation is 1. The Hall–Kier alpha value is -0.900. The van der Waals surface area contributed by atoms with Crippen molar-refractivity contribution in [3.63, 3.8) is 0 Å². The molecule has 2 atom stereocenters. The Balaban J connectivity index is 1.94. The summed E-state index contributed by atoms with van der Waals surface area (Å²) >= 11 is 0. The van der Waals surface area contributed by atoms with E-state index in [1.54, 1.807) is 0 Å². The van der Waals surface area contributed by atoms with E-state index in [9.17, 15) is 0 Å². The van der Waals surface area contributed by atoms with Crippen LogP contribution in [0.15, 0.2) is 24.3 Å². The fraction of sp³-hybridized carbons (Fsp3) is 0.667. The number of hydrogen-bond donors (Lipinski definition) is 1. The monoisotopic (exact) mass is 289 g/mol. The van der Waals surface area contributed by atoms with Gasteiger partial charge in [-0.15, -0.1) is 0 Å². The maximum Gasteiger partial charge on any atom is 0.0450 e. The number of nitrogens with zero attached hydrogens (tertiary/aromatic N) is 2. The van der Waals surface area contributed by atoms with Crippen LogP contribution in [0, 0.1) is 0 Å². The third-order valence-corrected chi connectivity index (χ3v) is 4.95. The third-order valence-electron chi connectivity index (χ3n) is 4.95. The first-order valence-electron chi connectivity index (χ1n) is 8.35. The van der Waals surface area contributed by atoms with E-state index in [-0.39, 0.29) is 6.04 Å². The predicted octanol–water partition coefficient (Wildman–Crippen LogP) is 2.66. The maximum atomic E-state index is 6.50. The van der Waals surface area contributed by atoms with E-state index in [1.807, 2.05) is 0 Å². The predicted molar refractivity (Wildman–Crippen MR) is 90.5 cm³/mol. The molecular weight excluding hydrogens is 258 g/mol. The summed E-state index contributed by atoms with van der Waals surface area (Å²) in [7, 11) is 0. The minimum Gasteiger partial charge on any atom is -0.323 e. The van der Waals surface area contributed by atoms with Crippen LogP contribution in [0.2, 0.25) is 0 Å². The van der Waals surface area contributed by atoms with Crippen molar-refractivity contribution in [2.24, 2.45) is 5.73 Å². The minimum absolute atomic E-state index is 0.0986. The molecule has 0 saturated carbocycles. The van der Waals surface area contributed by atoms with Crippen LogP contribution >= 0.6 is 0 Å². The average Bonchev–Trinajstić information content (AvgIpc) is 2.53. The molecule has 0 radical (unpaired) electrons. The van der Waals surface area contributed by atoms with Gasteiger partial charge in [0.05, 0.1) is 0 Å². The van der Waals surface area contributed by atoms with Crippen LogP contribution in [-0.2, 0) is 6.42 Å². The fourth-order valence-corrected chi connectivity index (χ4v) is 3.14. The van der Waals surface area contributed by atoms with E-state index in [4.69, 9.17) is 5.73 Å². The molecule has 1 heterocycles. The molecular formula is C18H31N3. The molecule has 1 aromatic carbocycles. The van der Waals surface area contributed by atoms with Crippen molar-refractivity contribution in [3.8, 4) is 0 Å². The number of hydrogen-bond acceptors (Lipinski definition) is 3. The second kappa shape index (κ2) is 7.39. The highest BCUT2D eigenvalue weighted by Crippen LogP contribution is 2.21. The van der Waals surface area contributed by atoms with E-state index in [2.05, 4.69) is 61.8 Å². The Morgan fingerprint density at radius 1 is 0.952 bits per heavy atom. The largest absolute Gasteiger partial charge is 0.323 e. The summed E-state index contributed by atoms with van der Waals surface area (Å²) < 4.78 is 0. The lowest BCUT2D eigenvalue weighted by molar-refractivity contribution is 0.0749. The number of nitrogens with two attached hydrogens (primary N) is 1. The van der Waals surface area contributed by atoms with Crippen molar-refractivity contribution in [3.05, 3.63) is 35.4 Å². The van der Waals surface area contributed by atoms with E-state index in [1.165, 1.54) is 11.1 Å². The summed E-state index contributed by atoms with van der Waals surface area (Å²) in [5, 5.41) is 0. The van der Waals surface area contributed by atoms with Gasteiger partial charge in [-0.3, -0.25) is 9.80 Å². The highest BCUT2D eigenvalue weighted by atomic mass is 15.3. The molecule has 2 rings (SSSR count). The zero-order valence-electron chi connectivity index (χ0n) is 14.0. The van der Waals surface area contributed by atoms with E-state index >= 15 is 0 Å². The van der Waals surface area contributed by atoms with Crippen LogP contribution in [0.3, 0.4) is 0 Å². The van der Waals surface area contributed by atoms with Crippen LogP contribution < -0.4 is 5.73 Å². The van der Waals surface area contributed by atoms with Crippen LogP contribution in [0.5, 0.6) is 0 Å². The quantitative estimate of drug-likeness (QED) is 0.904. The first-order chi connectivity index (χ1) is 10.0. The maximum absolute atomic E-state index is 6.50. The highest BCUT2D eigenvalue weighted by Gasteiger charge is 2.26.